The van der Waals surface area contributed by atoms with E-state index in [0.29, 0.717) is 4.88 Å². The molecule has 1 aliphatic rings. The van der Waals surface area contributed by atoms with E-state index in [1.165, 1.54) is 25.4 Å². The number of benzene rings is 1. The van der Waals surface area contributed by atoms with Crippen molar-refractivity contribution in [2.75, 3.05) is 7.11 Å². The van der Waals surface area contributed by atoms with Gasteiger partial charge in [0.15, 0.2) is 5.76 Å². The molecule has 1 aliphatic carbocycles. The Labute approximate surface area is 211 Å². The van der Waals surface area contributed by atoms with Gasteiger partial charge in [-0.3, -0.25) is 9.59 Å². The highest BCUT2D eigenvalue weighted by Gasteiger charge is 2.38. The molecule has 0 bridgehead atoms. The van der Waals surface area contributed by atoms with Crippen LogP contribution in [0, 0.1) is 5.92 Å². The van der Waals surface area contributed by atoms with E-state index in [0.717, 1.165) is 60.9 Å². The first-order valence-electron chi connectivity index (χ1n) is 12.2. The number of allylic oxidation sites excluding steroid dienone is 2. The summed E-state index contributed by atoms with van der Waals surface area (Å²) in [5, 5.41) is 10.5. The maximum atomic E-state index is 13.1. The monoisotopic (exact) mass is 498 g/mol. The average molecular weight is 499 g/mol. The molecule has 35 heavy (non-hydrogen) atoms. The van der Waals surface area contributed by atoms with Gasteiger partial charge in [-0.1, -0.05) is 50.5 Å². The molecule has 3 rings (SSSR count). The van der Waals surface area contributed by atoms with E-state index in [9.17, 15) is 19.5 Å². The molecule has 2 unspecified atom stereocenters. The van der Waals surface area contributed by atoms with Gasteiger partial charge in [0.1, 0.15) is 4.88 Å². The number of hydrogen-bond acceptors (Lipinski definition) is 7. The van der Waals surface area contributed by atoms with Crippen molar-refractivity contribution in [1.82, 2.24) is 0 Å². The molecule has 7 heteroatoms. The molecule has 3 atom stereocenters. The molecule has 0 aliphatic heterocycles. The van der Waals surface area contributed by atoms with E-state index in [2.05, 4.69) is 6.92 Å². The molecule has 1 aromatic carbocycles. The van der Waals surface area contributed by atoms with Gasteiger partial charge in [0, 0.05) is 11.8 Å². The van der Waals surface area contributed by atoms with Crippen LogP contribution in [0.1, 0.15) is 90.1 Å². The van der Waals surface area contributed by atoms with Crippen LogP contribution in [0.5, 0.6) is 0 Å². The fourth-order valence-electron chi connectivity index (χ4n) is 4.52. The van der Waals surface area contributed by atoms with Crippen molar-refractivity contribution in [2.45, 2.75) is 70.8 Å². The summed E-state index contributed by atoms with van der Waals surface area (Å²) in [7, 11) is 1.37. The Hall–Kier alpha value is -2.77. The molecule has 188 valence electrons. The quantitative estimate of drug-likeness (QED) is 0.289. The summed E-state index contributed by atoms with van der Waals surface area (Å²) in [5.41, 5.74) is 1.70. The van der Waals surface area contributed by atoms with E-state index in [1.54, 1.807) is 12.1 Å². The number of aliphatic hydroxyl groups is 1. The minimum Gasteiger partial charge on any atom is -0.465 e. The third-order valence-electron chi connectivity index (χ3n) is 6.34. The van der Waals surface area contributed by atoms with Crippen LogP contribution in [0.25, 0.3) is 0 Å². The van der Waals surface area contributed by atoms with Gasteiger partial charge in [-0.05, 0) is 60.9 Å². The molecule has 2 aromatic rings. The molecular weight excluding hydrogens is 464 g/mol. The van der Waals surface area contributed by atoms with Crippen molar-refractivity contribution in [1.29, 1.82) is 0 Å². The SMILES string of the molecule is CCCCCC(O)c1ccc(C2C(=O)C(OC(C)=O)=C[C@@H]2CCCc2ccc(C(=O)OC)s2)cc1. The summed E-state index contributed by atoms with van der Waals surface area (Å²) < 4.78 is 9.98. The zero-order valence-corrected chi connectivity index (χ0v) is 21.4. The Morgan fingerprint density at radius 3 is 2.49 bits per heavy atom. The molecular formula is C28H34O6S. The zero-order chi connectivity index (χ0) is 25.4. The number of Topliss-reactive ketones (excluding diaryl/α,β-unsaturated/α-hetero) is 1. The number of esters is 2. The number of aliphatic hydroxyl groups excluding tert-OH is 1. The van der Waals surface area contributed by atoms with Crippen molar-refractivity contribution in [3.8, 4) is 0 Å². The average Bonchev–Trinajstić information content (AvgIpc) is 3.43. The number of unbranched alkanes of at least 4 members (excludes halogenated alkanes) is 2. The maximum Gasteiger partial charge on any atom is 0.348 e. The van der Waals surface area contributed by atoms with Crippen LogP contribution in [-0.4, -0.2) is 29.9 Å². The van der Waals surface area contributed by atoms with Crippen molar-refractivity contribution < 1.29 is 29.0 Å². The molecule has 0 radical (unpaired) electrons. The molecule has 1 N–H and O–H groups in total. The normalized spacial score (nSPS) is 18.3. The van der Waals surface area contributed by atoms with Gasteiger partial charge >= 0.3 is 11.9 Å². The lowest BCUT2D eigenvalue weighted by molar-refractivity contribution is -0.140. The fourth-order valence-corrected chi connectivity index (χ4v) is 5.49. The molecule has 0 fully saturated rings. The van der Waals surface area contributed by atoms with Gasteiger partial charge < -0.3 is 14.6 Å². The number of hydrogen-bond donors (Lipinski definition) is 1. The third kappa shape index (κ3) is 7.12. The topological polar surface area (TPSA) is 89.9 Å². The van der Waals surface area contributed by atoms with E-state index >= 15 is 0 Å². The van der Waals surface area contributed by atoms with Crippen molar-refractivity contribution in [2.24, 2.45) is 5.92 Å². The number of methoxy groups -OCH3 is 1. The highest BCUT2D eigenvalue weighted by molar-refractivity contribution is 7.13. The molecule has 1 aromatic heterocycles. The van der Waals surface area contributed by atoms with E-state index in [1.807, 2.05) is 30.3 Å². The van der Waals surface area contributed by atoms with Gasteiger partial charge in [-0.2, -0.15) is 0 Å². The Balaban J connectivity index is 1.69. The number of aryl methyl sites for hydroxylation is 1. The number of ether oxygens (including phenoxy) is 2. The minimum atomic E-state index is -0.513. The summed E-state index contributed by atoms with van der Waals surface area (Å²) in [6.45, 7) is 3.43. The lowest BCUT2D eigenvalue weighted by Crippen LogP contribution is -2.17. The summed E-state index contributed by atoms with van der Waals surface area (Å²) in [4.78, 5) is 38.0. The van der Waals surface area contributed by atoms with Crippen LogP contribution in [0.2, 0.25) is 0 Å². The van der Waals surface area contributed by atoms with E-state index in [-0.39, 0.29) is 23.4 Å². The maximum absolute atomic E-state index is 13.1. The molecule has 0 saturated heterocycles. The second kappa shape index (κ2) is 12.8. The highest BCUT2D eigenvalue weighted by atomic mass is 32.1. The first-order valence-corrected chi connectivity index (χ1v) is 13.0. The van der Waals surface area contributed by atoms with Gasteiger partial charge in [0.2, 0.25) is 5.78 Å². The number of carbonyl (C=O) groups is 3. The standard InChI is InChI=1S/C28H34O6S/c1-4-5-6-10-23(30)19-11-13-20(14-12-19)26-21(17-24(27(26)31)34-18(2)29)8-7-9-22-15-16-25(35-22)28(32)33-3/h11-17,21,23,26,30H,4-10H2,1-3H3/t21-,23?,26?/m0/s1. The summed E-state index contributed by atoms with van der Waals surface area (Å²) in [6, 6.07) is 11.3. The molecule has 1 heterocycles. The Morgan fingerprint density at radius 2 is 1.83 bits per heavy atom. The molecule has 0 spiro atoms. The van der Waals surface area contributed by atoms with Crippen LogP contribution in [0.4, 0.5) is 0 Å². The van der Waals surface area contributed by atoms with Crippen molar-refractivity contribution in [3.63, 3.8) is 0 Å². The largest absolute Gasteiger partial charge is 0.465 e. The second-order valence-electron chi connectivity index (χ2n) is 8.96. The lowest BCUT2D eigenvalue weighted by Gasteiger charge is -2.19. The summed E-state index contributed by atoms with van der Waals surface area (Å²) in [6.07, 6.45) is 7.47. The Kier molecular flexibility index (Phi) is 9.81. The van der Waals surface area contributed by atoms with Crippen LogP contribution in [0.15, 0.2) is 48.2 Å². The van der Waals surface area contributed by atoms with Gasteiger partial charge in [-0.25, -0.2) is 4.79 Å². The third-order valence-corrected chi connectivity index (χ3v) is 7.47. The first kappa shape index (κ1) is 26.8. The number of ketones is 1. The minimum absolute atomic E-state index is 0.0998. The number of thiophene rings is 1. The molecule has 0 saturated carbocycles. The van der Waals surface area contributed by atoms with E-state index in [4.69, 9.17) is 9.47 Å². The van der Waals surface area contributed by atoms with Crippen molar-refractivity contribution in [3.05, 3.63) is 69.1 Å². The van der Waals surface area contributed by atoms with Gasteiger partial charge in [0.05, 0.1) is 19.1 Å². The first-order chi connectivity index (χ1) is 16.8. The Bertz CT molecular complexity index is 1050. The number of carbonyl (C=O) groups excluding carboxylic acids is 3. The predicted octanol–water partition coefficient (Wildman–Crippen LogP) is 5.90. The van der Waals surface area contributed by atoms with Crippen molar-refractivity contribution >= 4 is 29.1 Å². The number of rotatable bonds is 12. The lowest BCUT2D eigenvalue weighted by atomic mass is 9.84. The van der Waals surface area contributed by atoms with Crippen LogP contribution >= 0.6 is 11.3 Å². The summed E-state index contributed by atoms with van der Waals surface area (Å²) >= 11 is 1.42. The fraction of sp³-hybridized carbons (Fsp3) is 0.464. The van der Waals surface area contributed by atoms with E-state index < -0.39 is 18.0 Å². The second-order valence-corrected chi connectivity index (χ2v) is 10.1. The zero-order valence-electron chi connectivity index (χ0n) is 20.6. The van der Waals surface area contributed by atoms with Gasteiger partial charge in [-0.15, -0.1) is 11.3 Å². The van der Waals surface area contributed by atoms with Crippen LogP contribution < -0.4 is 0 Å². The smallest absolute Gasteiger partial charge is 0.348 e. The predicted molar refractivity (Wildman–Crippen MR) is 135 cm³/mol. The highest BCUT2D eigenvalue weighted by Crippen LogP contribution is 2.40. The Morgan fingerprint density at radius 1 is 1.09 bits per heavy atom. The molecule has 0 amide bonds. The van der Waals surface area contributed by atoms with Crippen LogP contribution in [0.3, 0.4) is 0 Å². The summed E-state index contributed by atoms with van der Waals surface area (Å²) in [5.74, 6) is -1.45. The van der Waals surface area contributed by atoms with Gasteiger partial charge in [0.25, 0.3) is 0 Å². The molecule has 6 nitrogen and oxygen atoms in total. The van der Waals surface area contributed by atoms with Crippen LogP contribution in [-0.2, 0) is 25.5 Å².